The molecular weight excluding hydrogens is 139 g/mol. The van der Waals surface area contributed by atoms with Crippen LogP contribution in [0.5, 0.6) is 0 Å². The van der Waals surface area contributed by atoms with Gasteiger partial charge < -0.3 is 9.47 Å². The quantitative estimate of drug-likeness (QED) is 0.279. The Hall–Kier alpha value is -1.06. The van der Waals surface area contributed by atoms with E-state index in [0.717, 1.165) is 0 Å². The molecule has 0 bridgehead atoms. The molecular formula is C6H8O4. The van der Waals surface area contributed by atoms with Gasteiger partial charge in [0.25, 0.3) is 5.79 Å². The van der Waals surface area contributed by atoms with Gasteiger partial charge >= 0.3 is 11.9 Å². The number of hydrogen-bond donors (Lipinski definition) is 0. The Balaban J connectivity index is 2.68. The number of carbonyl (C=O) groups is 2. The van der Waals surface area contributed by atoms with Crippen molar-refractivity contribution in [2.24, 2.45) is 0 Å². The molecule has 1 fully saturated rings. The van der Waals surface area contributed by atoms with E-state index in [1.54, 1.807) is 0 Å². The highest BCUT2D eigenvalue weighted by Gasteiger charge is 2.34. The van der Waals surface area contributed by atoms with Crippen molar-refractivity contribution in [3.05, 3.63) is 0 Å². The summed E-state index contributed by atoms with van der Waals surface area (Å²) >= 11 is 0. The van der Waals surface area contributed by atoms with Gasteiger partial charge in [0, 0.05) is 13.8 Å². The van der Waals surface area contributed by atoms with Crippen LogP contribution in [0.1, 0.15) is 20.3 Å². The van der Waals surface area contributed by atoms with E-state index in [0.29, 0.717) is 0 Å². The average Bonchev–Trinajstić information content (AvgIpc) is 1.54. The number of esters is 2. The van der Waals surface area contributed by atoms with Crippen LogP contribution in [0.25, 0.3) is 0 Å². The molecule has 0 N–H and O–H groups in total. The normalized spacial score (nSPS) is 23.4. The standard InChI is InChI=1S/C6H8O4/c1-6(2)9-4(7)3-5(8)10-6/h3H2,1-2H3/i3+1,4+1,5+1. The molecule has 1 saturated heterocycles. The molecule has 0 spiro atoms. The lowest BCUT2D eigenvalue weighted by atomic mass is 10.4. The van der Waals surface area contributed by atoms with Crippen LogP contribution in [-0.2, 0) is 19.1 Å². The van der Waals surface area contributed by atoms with Gasteiger partial charge in [-0.05, 0) is 0 Å². The summed E-state index contributed by atoms with van der Waals surface area (Å²) in [6, 6.07) is 0. The SMILES string of the molecule is CC1(C)O[13C](=O)[13CH2][13C](=O)O1. The summed E-state index contributed by atoms with van der Waals surface area (Å²) in [6.45, 7) is 3.03. The maximum atomic E-state index is 10.6. The third kappa shape index (κ3) is 1.46. The molecule has 0 aromatic rings. The van der Waals surface area contributed by atoms with Crippen LogP contribution in [0.15, 0.2) is 0 Å². The fraction of sp³-hybridized carbons (Fsp3) is 0.667. The Morgan fingerprint density at radius 1 is 1.20 bits per heavy atom. The number of rotatable bonds is 0. The zero-order valence-corrected chi connectivity index (χ0v) is 5.84. The van der Waals surface area contributed by atoms with Crippen molar-refractivity contribution in [2.45, 2.75) is 26.1 Å². The fourth-order valence-corrected chi connectivity index (χ4v) is 0.759. The van der Waals surface area contributed by atoms with Crippen molar-refractivity contribution in [3.8, 4) is 0 Å². The van der Waals surface area contributed by atoms with Gasteiger partial charge in [0.2, 0.25) is 0 Å². The monoisotopic (exact) mass is 147 g/mol. The van der Waals surface area contributed by atoms with Gasteiger partial charge in [-0.15, -0.1) is 0 Å². The molecule has 4 heteroatoms. The lowest BCUT2D eigenvalue weighted by Gasteiger charge is -2.28. The van der Waals surface area contributed by atoms with Crippen LogP contribution in [0.4, 0.5) is 0 Å². The summed E-state index contributed by atoms with van der Waals surface area (Å²) in [6.07, 6.45) is -0.274. The zero-order valence-electron chi connectivity index (χ0n) is 5.84. The first-order valence-electron chi connectivity index (χ1n) is 2.93. The molecule has 4 nitrogen and oxygen atoms in total. The van der Waals surface area contributed by atoms with Gasteiger partial charge in [-0.2, -0.15) is 0 Å². The number of hydrogen-bond acceptors (Lipinski definition) is 4. The van der Waals surface area contributed by atoms with Crippen LogP contribution in [-0.4, -0.2) is 17.7 Å². The molecule has 0 amide bonds. The second-order valence-electron chi connectivity index (χ2n) is 2.52. The van der Waals surface area contributed by atoms with Gasteiger partial charge in [0.15, 0.2) is 0 Å². The van der Waals surface area contributed by atoms with Crippen LogP contribution in [0.2, 0.25) is 0 Å². The first kappa shape index (κ1) is 7.05. The van der Waals surface area contributed by atoms with E-state index in [4.69, 9.17) is 0 Å². The largest absolute Gasteiger partial charge is 0.423 e. The number of carbonyl (C=O) groups excluding carboxylic acids is 2. The molecule has 1 aliphatic rings. The van der Waals surface area contributed by atoms with Crippen LogP contribution >= 0.6 is 0 Å². The second-order valence-corrected chi connectivity index (χ2v) is 2.52. The number of ether oxygens (including phenoxy) is 2. The summed E-state index contributed by atoms with van der Waals surface area (Å²) < 4.78 is 9.32. The molecule has 10 heavy (non-hydrogen) atoms. The molecule has 0 saturated carbocycles. The maximum absolute atomic E-state index is 10.6. The van der Waals surface area contributed by atoms with Crippen molar-refractivity contribution in [2.75, 3.05) is 0 Å². The van der Waals surface area contributed by atoms with Gasteiger partial charge in [-0.25, -0.2) is 0 Å². The average molecular weight is 147 g/mol. The van der Waals surface area contributed by atoms with Gasteiger partial charge in [0.05, 0.1) is 0 Å². The summed E-state index contributed by atoms with van der Waals surface area (Å²) in [5, 5.41) is 0. The Labute approximate surface area is 58.1 Å². The summed E-state index contributed by atoms with van der Waals surface area (Å²) in [7, 11) is 0. The predicted molar refractivity (Wildman–Crippen MR) is 30.9 cm³/mol. The lowest BCUT2D eigenvalue weighted by Crippen LogP contribution is -2.39. The molecule has 1 aliphatic heterocycles. The molecule has 1 heterocycles. The lowest BCUT2D eigenvalue weighted by molar-refractivity contribution is -0.231. The second kappa shape index (κ2) is 1.97. The Kier molecular flexibility index (Phi) is 1.39. The zero-order chi connectivity index (χ0) is 7.78. The van der Waals surface area contributed by atoms with E-state index < -0.39 is 17.7 Å². The maximum Gasteiger partial charge on any atom is 0.320 e. The van der Waals surface area contributed by atoms with E-state index in [-0.39, 0.29) is 6.42 Å². The highest BCUT2D eigenvalue weighted by molar-refractivity contribution is 5.92. The molecule has 0 aromatic carbocycles. The van der Waals surface area contributed by atoms with Crippen LogP contribution in [0, 0.1) is 0 Å². The molecule has 0 aromatic heterocycles. The first-order chi connectivity index (χ1) is 4.49. The van der Waals surface area contributed by atoms with Gasteiger partial charge in [-0.3, -0.25) is 9.59 Å². The van der Waals surface area contributed by atoms with Crippen molar-refractivity contribution in [3.63, 3.8) is 0 Å². The topological polar surface area (TPSA) is 52.6 Å². The smallest absolute Gasteiger partial charge is 0.320 e. The summed E-state index contributed by atoms with van der Waals surface area (Å²) in [4.78, 5) is 21.1. The summed E-state index contributed by atoms with van der Waals surface area (Å²) in [5.41, 5.74) is 0. The third-order valence-electron chi connectivity index (χ3n) is 1.01. The van der Waals surface area contributed by atoms with Crippen molar-refractivity contribution in [1.29, 1.82) is 0 Å². The fourth-order valence-electron chi connectivity index (χ4n) is 0.759. The minimum absolute atomic E-state index is 0.274. The molecule has 1 rings (SSSR count). The van der Waals surface area contributed by atoms with Crippen molar-refractivity contribution in [1.82, 2.24) is 0 Å². The molecule has 0 atom stereocenters. The molecule has 0 unspecified atom stereocenters. The Morgan fingerprint density at radius 3 is 1.90 bits per heavy atom. The third-order valence-corrected chi connectivity index (χ3v) is 1.01. The minimum atomic E-state index is -1.08. The highest BCUT2D eigenvalue weighted by atomic mass is 16.8. The van der Waals surface area contributed by atoms with E-state index in [9.17, 15) is 9.59 Å². The van der Waals surface area contributed by atoms with Gasteiger partial charge in [0.1, 0.15) is 6.42 Å². The first-order valence-corrected chi connectivity index (χ1v) is 2.93. The van der Waals surface area contributed by atoms with Crippen LogP contribution < -0.4 is 0 Å². The van der Waals surface area contributed by atoms with Gasteiger partial charge in [-0.1, -0.05) is 0 Å². The minimum Gasteiger partial charge on any atom is -0.423 e. The van der Waals surface area contributed by atoms with E-state index >= 15 is 0 Å². The number of cyclic esters (lactones) is 2. The Bertz CT molecular complexity index is 164. The molecule has 0 radical (unpaired) electrons. The highest BCUT2D eigenvalue weighted by Crippen LogP contribution is 2.18. The van der Waals surface area contributed by atoms with Crippen LogP contribution in [0.3, 0.4) is 0 Å². The van der Waals surface area contributed by atoms with E-state index in [1.807, 2.05) is 0 Å². The van der Waals surface area contributed by atoms with E-state index in [2.05, 4.69) is 9.47 Å². The van der Waals surface area contributed by atoms with Crippen molar-refractivity contribution < 1.29 is 19.1 Å². The molecule has 56 valence electrons. The summed E-state index contributed by atoms with van der Waals surface area (Å²) in [5.74, 6) is -2.13. The predicted octanol–water partition coefficient (Wildman–Crippen LogP) is 0.213. The van der Waals surface area contributed by atoms with Crippen molar-refractivity contribution >= 4 is 11.9 Å². The molecule has 0 aliphatic carbocycles. The Morgan fingerprint density at radius 2 is 1.60 bits per heavy atom. The van der Waals surface area contributed by atoms with E-state index in [1.165, 1.54) is 13.8 Å².